The summed E-state index contributed by atoms with van der Waals surface area (Å²) < 4.78 is 0. The van der Waals surface area contributed by atoms with Gasteiger partial charge in [0.05, 0.1) is 0 Å². The second kappa shape index (κ2) is 6.13. The van der Waals surface area contributed by atoms with Gasteiger partial charge in [-0.1, -0.05) is 19.1 Å². The Bertz CT molecular complexity index is 113. The highest BCUT2D eigenvalue weighted by Gasteiger charge is 2.10. The third kappa shape index (κ3) is 3.96. The molecular formula is C9H17NO. The lowest BCUT2D eigenvalue weighted by Gasteiger charge is -2.22. The zero-order chi connectivity index (χ0) is 8.69. The quantitative estimate of drug-likeness (QED) is 0.469. The number of hydrogen-bond acceptors (Lipinski definition) is 2. The topological polar surface area (TPSA) is 23.5 Å². The first-order chi connectivity index (χ1) is 5.26. The molecule has 0 rings (SSSR count). The summed E-state index contributed by atoms with van der Waals surface area (Å²) in [6, 6.07) is 0.148. The molecule has 0 aliphatic rings. The van der Waals surface area contributed by atoms with Gasteiger partial charge in [0, 0.05) is 12.6 Å². The first-order valence-corrected chi connectivity index (χ1v) is 3.93. The molecule has 0 fully saturated rings. The fourth-order valence-corrected chi connectivity index (χ4v) is 0.983. The maximum atomic E-state index is 9.32. The highest BCUT2D eigenvalue weighted by Crippen LogP contribution is 2.06. The van der Waals surface area contributed by atoms with Crippen molar-refractivity contribution < 1.29 is 5.21 Å². The summed E-state index contributed by atoms with van der Waals surface area (Å²) in [5, 5.41) is 10.6. The molecule has 0 saturated heterocycles. The van der Waals surface area contributed by atoms with Crippen LogP contribution in [-0.4, -0.2) is 22.9 Å². The molecule has 0 spiro atoms. The van der Waals surface area contributed by atoms with Crippen molar-refractivity contribution >= 4 is 0 Å². The number of hydroxylamine groups is 2. The van der Waals surface area contributed by atoms with Crippen molar-refractivity contribution in [3.05, 3.63) is 25.3 Å². The first kappa shape index (κ1) is 10.4. The smallest absolute Gasteiger partial charge is 0.0418 e. The third-order valence-electron chi connectivity index (χ3n) is 1.62. The molecule has 0 aromatic carbocycles. The molecule has 0 saturated carbocycles. The van der Waals surface area contributed by atoms with Gasteiger partial charge < -0.3 is 5.21 Å². The summed E-state index contributed by atoms with van der Waals surface area (Å²) in [6.45, 7) is 9.82. The molecule has 2 nitrogen and oxygen atoms in total. The Morgan fingerprint density at radius 3 is 2.09 bits per heavy atom. The van der Waals surface area contributed by atoms with E-state index in [4.69, 9.17) is 0 Å². The molecule has 0 aliphatic carbocycles. The summed E-state index contributed by atoms with van der Waals surface area (Å²) >= 11 is 0. The predicted octanol–water partition coefficient (Wildman–Crippen LogP) is 2.22. The van der Waals surface area contributed by atoms with Crippen LogP contribution >= 0.6 is 0 Å². The SMILES string of the molecule is C=CCC(CC=C)N(O)CC. The average molecular weight is 155 g/mol. The predicted molar refractivity (Wildman–Crippen MR) is 47.6 cm³/mol. The van der Waals surface area contributed by atoms with Gasteiger partial charge in [-0.25, -0.2) is 0 Å². The van der Waals surface area contributed by atoms with Gasteiger partial charge in [-0.3, -0.25) is 0 Å². The summed E-state index contributed by atoms with van der Waals surface area (Å²) in [7, 11) is 0. The van der Waals surface area contributed by atoms with Crippen LogP contribution in [0.1, 0.15) is 19.8 Å². The molecule has 0 aliphatic heterocycles. The van der Waals surface area contributed by atoms with Crippen molar-refractivity contribution in [1.82, 2.24) is 5.06 Å². The second-order valence-electron chi connectivity index (χ2n) is 2.46. The monoisotopic (exact) mass is 155 g/mol. The van der Waals surface area contributed by atoms with Crippen LogP contribution in [0.25, 0.3) is 0 Å². The molecule has 0 bridgehead atoms. The van der Waals surface area contributed by atoms with Crippen LogP contribution in [0, 0.1) is 0 Å². The van der Waals surface area contributed by atoms with Crippen molar-refractivity contribution in [3.8, 4) is 0 Å². The Hall–Kier alpha value is -0.600. The van der Waals surface area contributed by atoms with Crippen LogP contribution in [0.3, 0.4) is 0 Å². The molecule has 0 heterocycles. The van der Waals surface area contributed by atoms with Gasteiger partial charge in [0.1, 0.15) is 0 Å². The Morgan fingerprint density at radius 1 is 1.36 bits per heavy atom. The van der Waals surface area contributed by atoms with Crippen LogP contribution in [0.15, 0.2) is 25.3 Å². The van der Waals surface area contributed by atoms with E-state index in [0.29, 0.717) is 6.54 Å². The summed E-state index contributed by atoms with van der Waals surface area (Å²) in [6.07, 6.45) is 5.23. The number of nitrogens with zero attached hydrogens (tertiary/aromatic N) is 1. The molecular weight excluding hydrogens is 138 g/mol. The van der Waals surface area contributed by atoms with Gasteiger partial charge in [-0.2, -0.15) is 5.06 Å². The van der Waals surface area contributed by atoms with E-state index in [0.717, 1.165) is 12.8 Å². The average Bonchev–Trinajstić information content (AvgIpc) is 2.03. The van der Waals surface area contributed by atoms with E-state index < -0.39 is 0 Å². The zero-order valence-electron chi connectivity index (χ0n) is 7.16. The molecule has 0 radical (unpaired) electrons. The zero-order valence-corrected chi connectivity index (χ0v) is 7.16. The standard InChI is InChI=1S/C9H17NO/c1-4-7-9(8-5-2)10(11)6-3/h4-5,9,11H,1-2,6-8H2,3H3. The number of rotatable bonds is 6. The summed E-state index contributed by atoms with van der Waals surface area (Å²) in [5.74, 6) is 0. The van der Waals surface area contributed by atoms with Crippen LogP contribution in [0.5, 0.6) is 0 Å². The fourth-order valence-electron chi connectivity index (χ4n) is 0.983. The van der Waals surface area contributed by atoms with E-state index in [1.54, 1.807) is 0 Å². The molecule has 0 atom stereocenters. The normalized spacial score (nSPS) is 10.5. The van der Waals surface area contributed by atoms with Crippen molar-refractivity contribution in [2.45, 2.75) is 25.8 Å². The van der Waals surface area contributed by atoms with Crippen molar-refractivity contribution in [2.75, 3.05) is 6.54 Å². The van der Waals surface area contributed by atoms with E-state index in [1.807, 2.05) is 19.1 Å². The lowest BCUT2D eigenvalue weighted by Crippen LogP contribution is -2.31. The van der Waals surface area contributed by atoms with Gasteiger partial charge in [0.2, 0.25) is 0 Å². The minimum atomic E-state index is 0.148. The molecule has 1 N–H and O–H groups in total. The van der Waals surface area contributed by atoms with Gasteiger partial charge in [-0.15, -0.1) is 13.2 Å². The molecule has 0 aromatic heterocycles. The summed E-state index contributed by atoms with van der Waals surface area (Å²) in [5.41, 5.74) is 0. The van der Waals surface area contributed by atoms with Crippen LogP contribution in [-0.2, 0) is 0 Å². The molecule has 0 unspecified atom stereocenters. The van der Waals surface area contributed by atoms with E-state index in [9.17, 15) is 5.21 Å². The second-order valence-corrected chi connectivity index (χ2v) is 2.46. The van der Waals surface area contributed by atoms with E-state index in [2.05, 4.69) is 13.2 Å². The van der Waals surface area contributed by atoms with Crippen molar-refractivity contribution in [3.63, 3.8) is 0 Å². The van der Waals surface area contributed by atoms with Crippen LogP contribution < -0.4 is 0 Å². The maximum Gasteiger partial charge on any atom is 0.0418 e. The van der Waals surface area contributed by atoms with E-state index >= 15 is 0 Å². The van der Waals surface area contributed by atoms with E-state index in [1.165, 1.54) is 5.06 Å². The molecule has 64 valence electrons. The van der Waals surface area contributed by atoms with Crippen molar-refractivity contribution in [2.24, 2.45) is 0 Å². The number of hydrogen-bond donors (Lipinski definition) is 1. The Morgan fingerprint density at radius 2 is 1.82 bits per heavy atom. The molecule has 2 heteroatoms. The fraction of sp³-hybridized carbons (Fsp3) is 0.556. The molecule has 0 aromatic rings. The van der Waals surface area contributed by atoms with E-state index in [-0.39, 0.29) is 6.04 Å². The maximum absolute atomic E-state index is 9.32. The minimum Gasteiger partial charge on any atom is -0.314 e. The van der Waals surface area contributed by atoms with Gasteiger partial charge in [0.15, 0.2) is 0 Å². The minimum absolute atomic E-state index is 0.148. The van der Waals surface area contributed by atoms with Gasteiger partial charge in [0.25, 0.3) is 0 Å². The summed E-state index contributed by atoms with van der Waals surface area (Å²) in [4.78, 5) is 0. The Kier molecular flexibility index (Phi) is 5.80. The van der Waals surface area contributed by atoms with Crippen LogP contribution in [0.2, 0.25) is 0 Å². The third-order valence-corrected chi connectivity index (χ3v) is 1.62. The highest BCUT2D eigenvalue weighted by molar-refractivity contribution is 4.83. The Labute approximate surface area is 68.8 Å². The first-order valence-electron chi connectivity index (χ1n) is 3.93. The highest BCUT2D eigenvalue weighted by atomic mass is 16.5. The lowest BCUT2D eigenvalue weighted by molar-refractivity contribution is -0.120. The van der Waals surface area contributed by atoms with Crippen molar-refractivity contribution in [1.29, 1.82) is 0 Å². The largest absolute Gasteiger partial charge is 0.314 e. The molecule has 0 amide bonds. The van der Waals surface area contributed by atoms with Gasteiger partial charge in [-0.05, 0) is 12.8 Å². The molecule has 11 heavy (non-hydrogen) atoms. The Balaban J connectivity index is 3.84. The lowest BCUT2D eigenvalue weighted by atomic mass is 10.1. The van der Waals surface area contributed by atoms with Gasteiger partial charge >= 0.3 is 0 Å². The van der Waals surface area contributed by atoms with Crippen LogP contribution in [0.4, 0.5) is 0 Å².